The predicted molar refractivity (Wildman–Crippen MR) is 101 cm³/mol. The van der Waals surface area contributed by atoms with Crippen molar-refractivity contribution in [1.82, 2.24) is 4.57 Å². The maximum Gasteiger partial charge on any atom is 0.356 e. The summed E-state index contributed by atoms with van der Waals surface area (Å²) < 4.78 is 9.26. The molecule has 0 aliphatic carbocycles. The van der Waals surface area contributed by atoms with E-state index in [4.69, 9.17) is 21.8 Å². The first kappa shape index (κ1) is 16.7. The number of nitrogens with zero attached hydrogens (tertiary/aromatic N) is 2. The van der Waals surface area contributed by atoms with E-state index in [0.717, 1.165) is 16.6 Å². The van der Waals surface area contributed by atoms with Crippen LogP contribution in [0.2, 0.25) is 5.02 Å². The van der Waals surface area contributed by atoms with Gasteiger partial charge in [-0.15, -0.1) is 0 Å². The van der Waals surface area contributed by atoms with Crippen molar-refractivity contribution in [2.75, 3.05) is 5.73 Å². The van der Waals surface area contributed by atoms with Crippen LogP contribution in [0.5, 0.6) is 0 Å². The van der Waals surface area contributed by atoms with E-state index in [2.05, 4.69) is 0 Å². The molecule has 2 heterocycles. The normalized spacial score (nSPS) is 12.5. The van der Waals surface area contributed by atoms with Gasteiger partial charge in [0, 0.05) is 5.02 Å². The second-order valence-corrected chi connectivity index (χ2v) is 6.64. The van der Waals surface area contributed by atoms with Crippen LogP contribution >= 0.6 is 11.6 Å². The van der Waals surface area contributed by atoms with Gasteiger partial charge in [0.15, 0.2) is 0 Å². The zero-order chi connectivity index (χ0) is 18.1. The van der Waals surface area contributed by atoms with Gasteiger partial charge in [0.25, 0.3) is 0 Å². The Labute approximate surface area is 155 Å². The fourth-order valence-electron chi connectivity index (χ4n) is 3.19. The molecule has 2 aromatic heterocycles. The molecule has 3 N–H and O–H groups in total. The average molecular weight is 369 g/mol. The fraction of sp³-hybridized carbons (Fsp3) is 0.150. The van der Waals surface area contributed by atoms with Crippen LogP contribution in [0, 0.1) is 0 Å². The molecular weight excluding hydrogens is 350 g/mol. The number of furan rings is 1. The number of para-hydroxylation sites is 2. The van der Waals surface area contributed by atoms with E-state index in [9.17, 15) is 5.11 Å². The van der Waals surface area contributed by atoms with Crippen LogP contribution in [0.15, 0.2) is 71.3 Å². The molecule has 6 heteroatoms. The lowest BCUT2D eigenvalue weighted by molar-refractivity contribution is -0.648. The van der Waals surface area contributed by atoms with Crippen LogP contribution in [0.1, 0.15) is 17.4 Å². The SMILES string of the molecule is Nc1n(C[C@@H](O)c2ccco2)c2ccccc2[n+]1Cc1ccc(Cl)cc1. The molecule has 0 saturated carbocycles. The second kappa shape index (κ2) is 6.86. The summed E-state index contributed by atoms with van der Waals surface area (Å²) in [5, 5.41) is 11.2. The molecule has 0 unspecified atom stereocenters. The van der Waals surface area contributed by atoms with Gasteiger partial charge in [0.2, 0.25) is 0 Å². The second-order valence-electron chi connectivity index (χ2n) is 6.20. The zero-order valence-corrected chi connectivity index (χ0v) is 14.8. The molecule has 0 bridgehead atoms. The highest BCUT2D eigenvalue weighted by Crippen LogP contribution is 2.22. The smallest absolute Gasteiger partial charge is 0.356 e. The highest BCUT2D eigenvalue weighted by molar-refractivity contribution is 6.30. The van der Waals surface area contributed by atoms with Crippen molar-refractivity contribution in [1.29, 1.82) is 0 Å². The maximum atomic E-state index is 10.5. The minimum atomic E-state index is -0.771. The molecule has 4 aromatic rings. The standard InChI is InChI=1S/C20H18ClN3O2/c21-15-9-7-14(8-10-15)12-23-16-4-1-2-5-17(16)24(20(23)22)13-18(25)19-6-3-11-26-19/h1-11,18,22,25H,12-13H2/p+1/t18-/m1/s1. The molecule has 0 spiro atoms. The zero-order valence-electron chi connectivity index (χ0n) is 14.0. The van der Waals surface area contributed by atoms with Gasteiger partial charge in [-0.25, -0.2) is 9.13 Å². The summed E-state index contributed by atoms with van der Waals surface area (Å²) in [5.41, 5.74) is 9.52. The van der Waals surface area contributed by atoms with Crippen molar-refractivity contribution in [2.45, 2.75) is 19.2 Å². The molecule has 0 aliphatic rings. The first-order valence-corrected chi connectivity index (χ1v) is 8.74. The van der Waals surface area contributed by atoms with Gasteiger partial charge in [-0.1, -0.05) is 35.9 Å². The Morgan fingerprint density at radius 3 is 2.58 bits per heavy atom. The third-order valence-electron chi connectivity index (χ3n) is 4.50. The number of rotatable bonds is 5. The summed E-state index contributed by atoms with van der Waals surface area (Å²) >= 11 is 5.98. The number of fused-ring (bicyclic) bond motifs is 1. The number of nitrogen functional groups attached to an aromatic ring is 1. The van der Waals surface area contributed by atoms with Crippen LogP contribution < -0.4 is 10.3 Å². The molecule has 4 rings (SSSR count). The highest BCUT2D eigenvalue weighted by Gasteiger charge is 2.24. The summed E-state index contributed by atoms with van der Waals surface area (Å²) in [7, 11) is 0. The van der Waals surface area contributed by atoms with Crippen LogP contribution in [-0.4, -0.2) is 9.67 Å². The summed E-state index contributed by atoms with van der Waals surface area (Å²) in [4.78, 5) is 0. The van der Waals surface area contributed by atoms with E-state index < -0.39 is 6.10 Å². The van der Waals surface area contributed by atoms with Gasteiger partial charge in [-0.05, 0) is 42.0 Å². The number of aromatic nitrogens is 2. The first-order valence-electron chi connectivity index (χ1n) is 8.36. The van der Waals surface area contributed by atoms with E-state index in [1.807, 2.05) is 57.7 Å². The Morgan fingerprint density at radius 1 is 1.08 bits per heavy atom. The van der Waals surface area contributed by atoms with Crippen molar-refractivity contribution >= 4 is 28.6 Å². The fourth-order valence-corrected chi connectivity index (χ4v) is 3.31. The Balaban J connectivity index is 1.74. The number of aliphatic hydroxyl groups is 1. The van der Waals surface area contributed by atoms with Gasteiger partial charge in [-0.3, -0.25) is 5.73 Å². The first-order chi connectivity index (χ1) is 12.6. The number of hydrogen-bond acceptors (Lipinski definition) is 3. The molecular formula is C20H19ClN3O2+. The molecule has 0 radical (unpaired) electrons. The number of aliphatic hydroxyl groups excluding tert-OH is 1. The van der Waals surface area contributed by atoms with E-state index in [0.29, 0.717) is 29.8 Å². The van der Waals surface area contributed by atoms with Gasteiger partial charge in [-0.2, -0.15) is 0 Å². The number of hydrogen-bond donors (Lipinski definition) is 2. The average Bonchev–Trinajstić information content (AvgIpc) is 3.27. The molecule has 1 atom stereocenters. The van der Waals surface area contributed by atoms with E-state index in [1.165, 1.54) is 0 Å². The lowest BCUT2D eigenvalue weighted by atomic mass is 10.2. The molecule has 132 valence electrons. The summed E-state index contributed by atoms with van der Waals surface area (Å²) in [6.07, 6.45) is 0.781. The summed E-state index contributed by atoms with van der Waals surface area (Å²) in [5.74, 6) is 1.10. The lowest BCUT2D eigenvalue weighted by Crippen LogP contribution is -2.37. The van der Waals surface area contributed by atoms with Crippen molar-refractivity contribution in [3.05, 3.63) is 83.3 Å². The number of halogens is 1. The predicted octanol–water partition coefficient (Wildman–Crippen LogP) is 3.54. The molecule has 26 heavy (non-hydrogen) atoms. The summed E-state index contributed by atoms with van der Waals surface area (Å²) in [6.45, 7) is 0.931. The number of imidazole rings is 1. The van der Waals surface area contributed by atoms with Crippen molar-refractivity contribution in [3.8, 4) is 0 Å². The molecule has 5 nitrogen and oxygen atoms in total. The topological polar surface area (TPSA) is 68.2 Å². The van der Waals surface area contributed by atoms with Gasteiger partial charge >= 0.3 is 5.95 Å². The molecule has 0 fully saturated rings. The number of nitrogens with two attached hydrogens (primary N) is 1. The number of benzene rings is 2. The minimum Gasteiger partial charge on any atom is -0.466 e. The minimum absolute atomic E-state index is 0.313. The van der Waals surface area contributed by atoms with Gasteiger partial charge in [0.05, 0.1) is 12.8 Å². The van der Waals surface area contributed by atoms with E-state index in [1.54, 1.807) is 18.4 Å². The third-order valence-corrected chi connectivity index (χ3v) is 4.75. The Kier molecular flexibility index (Phi) is 4.41. The quantitative estimate of drug-likeness (QED) is 0.529. The maximum absolute atomic E-state index is 10.5. The van der Waals surface area contributed by atoms with Crippen molar-refractivity contribution < 1.29 is 14.1 Å². The van der Waals surface area contributed by atoms with Crippen molar-refractivity contribution in [2.24, 2.45) is 0 Å². The van der Waals surface area contributed by atoms with Gasteiger partial charge in [0.1, 0.15) is 29.4 Å². The van der Waals surface area contributed by atoms with Crippen LogP contribution in [0.25, 0.3) is 11.0 Å². The monoisotopic (exact) mass is 368 g/mol. The Bertz CT molecular complexity index is 1020. The van der Waals surface area contributed by atoms with Gasteiger partial charge < -0.3 is 9.52 Å². The Morgan fingerprint density at radius 2 is 1.85 bits per heavy atom. The number of anilines is 1. The molecule has 0 aliphatic heterocycles. The molecule has 0 amide bonds. The van der Waals surface area contributed by atoms with Crippen molar-refractivity contribution in [3.63, 3.8) is 0 Å². The molecule has 0 saturated heterocycles. The largest absolute Gasteiger partial charge is 0.466 e. The van der Waals surface area contributed by atoms with Crippen LogP contribution in [-0.2, 0) is 13.1 Å². The van der Waals surface area contributed by atoms with E-state index in [-0.39, 0.29) is 0 Å². The van der Waals surface area contributed by atoms with E-state index >= 15 is 0 Å². The third kappa shape index (κ3) is 3.07. The molecule has 2 aromatic carbocycles. The van der Waals surface area contributed by atoms with Crippen LogP contribution in [0.3, 0.4) is 0 Å². The van der Waals surface area contributed by atoms with Crippen LogP contribution in [0.4, 0.5) is 5.95 Å². The highest BCUT2D eigenvalue weighted by atomic mass is 35.5. The Hall–Kier alpha value is -2.76. The summed E-state index contributed by atoms with van der Waals surface area (Å²) in [6, 6.07) is 19.2. The lowest BCUT2D eigenvalue weighted by Gasteiger charge is -2.07.